The Morgan fingerprint density at radius 2 is 1.62 bits per heavy atom. The summed E-state index contributed by atoms with van der Waals surface area (Å²) in [7, 11) is -1.92. The van der Waals surface area contributed by atoms with Crippen LogP contribution in [0.1, 0.15) is 11.6 Å². The minimum Gasteiger partial charge on any atom is -1.00 e. The van der Waals surface area contributed by atoms with E-state index in [1.165, 1.54) is 22.5 Å². The van der Waals surface area contributed by atoms with Crippen molar-refractivity contribution < 1.29 is 25.2 Å². The molecule has 0 N–H and O–H groups in total. The molecule has 1 fully saturated rings. The molecule has 2 aromatic carbocycles. The van der Waals surface area contributed by atoms with Crippen LogP contribution in [0.2, 0.25) is 0 Å². The minimum atomic E-state index is -3.88. The summed E-state index contributed by atoms with van der Waals surface area (Å²) < 4.78 is 41.4. The molecule has 0 saturated carbocycles. The summed E-state index contributed by atoms with van der Waals surface area (Å²) in [4.78, 5) is 1.83. The second kappa shape index (κ2) is 7.61. The van der Waals surface area contributed by atoms with Crippen LogP contribution < -0.4 is 12.4 Å². The van der Waals surface area contributed by atoms with Gasteiger partial charge in [0.2, 0.25) is 10.0 Å². The van der Waals surface area contributed by atoms with Crippen molar-refractivity contribution in [3.63, 3.8) is 0 Å². The number of benzene rings is 2. The van der Waals surface area contributed by atoms with Gasteiger partial charge in [-0.15, -0.1) is 0 Å². The van der Waals surface area contributed by atoms with E-state index in [2.05, 4.69) is 4.90 Å². The summed E-state index contributed by atoms with van der Waals surface area (Å²) in [6.07, 6.45) is 0. The zero-order chi connectivity index (χ0) is 16.4. The molecule has 1 aliphatic heterocycles. The highest BCUT2D eigenvalue weighted by Crippen LogP contribution is 2.31. The van der Waals surface area contributed by atoms with Crippen molar-refractivity contribution in [3.8, 4) is 0 Å². The number of hydrogen-bond donors (Lipinski definition) is 0. The first-order valence-corrected chi connectivity index (χ1v) is 8.94. The lowest BCUT2D eigenvalue weighted by atomic mass is 10.1. The van der Waals surface area contributed by atoms with E-state index in [1.807, 2.05) is 37.4 Å². The van der Waals surface area contributed by atoms with Gasteiger partial charge in [-0.05, 0) is 24.7 Å². The molecule has 0 aliphatic carbocycles. The highest BCUT2D eigenvalue weighted by Gasteiger charge is 2.37. The smallest absolute Gasteiger partial charge is 0.246 e. The molecule has 1 heterocycles. The SMILES string of the molecule is CN1CCN(S(=O)(=O)c2ccccc2F)C(c2ccccc2)C1.[Cl-]. The van der Waals surface area contributed by atoms with Gasteiger partial charge >= 0.3 is 0 Å². The summed E-state index contributed by atoms with van der Waals surface area (Å²) in [5.41, 5.74) is 0.916. The summed E-state index contributed by atoms with van der Waals surface area (Å²) in [5.74, 6) is -0.710. The predicted molar refractivity (Wildman–Crippen MR) is 87.0 cm³/mol. The molecule has 1 aliphatic rings. The highest BCUT2D eigenvalue weighted by atomic mass is 35.5. The molecule has 3 rings (SSSR count). The number of likely N-dealkylation sites (N-methyl/N-ethyl adjacent to an activating group) is 1. The molecule has 0 bridgehead atoms. The first kappa shape index (κ1) is 18.9. The number of piperazine rings is 1. The maximum atomic E-state index is 14.0. The fraction of sp³-hybridized carbons (Fsp3) is 0.294. The fourth-order valence-corrected chi connectivity index (χ4v) is 4.58. The van der Waals surface area contributed by atoms with E-state index in [-0.39, 0.29) is 23.3 Å². The monoisotopic (exact) mass is 369 g/mol. The van der Waals surface area contributed by atoms with E-state index in [9.17, 15) is 12.8 Å². The van der Waals surface area contributed by atoms with Crippen LogP contribution in [-0.2, 0) is 10.0 Å². The Morgan fingerprint density at radius 3 is 2.29 bits per heavy atom. The molecule has 7 heteroatoms. The highest BCUT2D eigenvalue weighted by molar-refractivity contribution is 7.89. The molecule has 2 aromatic rings. The Labute approximate surface area is 148 Å². The average Bonchev–Trinajstić information content (AvgIpc) is 2.55. The number of halogens is 2. The minimum absolute atomic E-state index is 0. The van der Waals surface area contributed by atoms with E-state index in [0.29, 0.717) is 19.6 Å². The van der Waals surface area contributed by atoms with Crippen molar-refractivity contribution in [2.45, 2.75) is 10.9 Å². The molecule has 0 aromatic heterocycles. The van der Waals surface area contributed by atoms with Gasteiger partial charge < -0.3 is 17.3 Å². The molecule has 0 radical (unpaired) electrons. The van der Waals surface area contributed by atoms with Crippen LogP contribution in [0.15, 0.2) is 59.5 Å². The van der Waals surface area contributed by atoms with Gasteiger partial charge in [-0.2, -0.15) is 4.31 Å². The molecule has 130 valence electrons. The van der Waals surface area contributed by atoms with Gasteiger partial charge in [-0.1, -0.05) is 42.5 Å². The van der Waals surface area contributed by atoms with Gasteiger partial charge in [0.25, 0.3) is 0 Å². The molecule has 1 saturated heterocycles. The quantitative estimate of drug-likeness (QED) is 0.733. The third-order valence-corrected chi connectivity index (χ3v) is 6.08. The molecule has 0 amide bonds. The summed E-state index contributed by atoms with van der Waals surface area (Å²) in [5, 5.41) is 0. The van der Waals surface area contributed by atoms with E-state index in [1.54, 1.807) is 6.07 Å². The lowest BCUT2D eigenvalue weighted by Gasteiger charge is -2.39. The van der Waals surface area contributed by atoms with E-state index in [4.69, 9.17) is 0 Å². The summed E-state index contributed by atoms with van der Waals surface area (Å²) in [6.45, 7) is 1.54. The Balaban J connectivity index is 0.00000208. The third kappa shape index (κ3) is 3.62. The van der Waals surface area contributed by atoms with Crippen LogP contribution in [0, 0.1) is 5.82 Å². The van der Waals surface area contributed by atoms with Gasteiger partial charge in [0.1, 0.15) is 10.7 Å². The third-order valence-electron chi connectivity index (χ3n) is 4.14. The van der Waals surface area contributed by atoms with Crippen molar-refractivity contribution in [2.24, 2.45) is 0 Å². The van der Waals surface area contributed by atoms with Crippen LogP contribution in [0.25, 0.3) is 0 Å². The molecule has 1 unspecified atom stereocenters. The van der Waals surface area contributed by atoms with Crippen molar-refractivity contribution in [1.29, 1.82) is 0 Å². The van der Waals surface area contributed by atoms with Crippen molar-refractivity contribution >= 4 is 10.0 Å². The van der Waals surface area contributed by atoms with Crippen LogP contribution in [-0.4, -0.2) is 44.3 Å². The van der Waals surface area contributed by atoms with Crippen LogP contribution in [0.4, 0.5) is 4.39 Å². The van der Waals surface area contributed by atoms with Crippen LogP contribution in [0.5, 0.6) is 0 Å². The standard InChI is InChI=1S/C17H19FN2O2S.ClH/c1-19-11-12-20(16(13-19)14-7-3-2-4-8-14)23(21,22)17-10-6-5-9-15(17)18;/h2-10,16H,11-13H2,1H3;1H/p-1. The average molecular weight is 370 g/mol. The second-order valence-corrected chi connectivity index (χ2v) is 7.59. The van der Waals surface area contributed by atoms with Crippen molar-refractivity contribution in [3.05, 3.63) is 66.0 Å². The van der Waals surface area contributed by atoms with Gasteiger partial charge in [-0.25, -0.2) is 12.8 Å². The number of sulfonamides is 1. The summed E-state index contributed by atoms with van der Waals surface area (Å²) in [6, 6.07) is 14.7. The maximum Gasteiger partial charge on any atom is 0.246 e. The molecular weight excluding hydrogens is 351 g/mol. The lowest BCUT2D eigenvalue weighted by molar-refractivity contribution is -0.00000829. The first-order valence-electron chi connectivity index (χ1n) is 7.50. The first-order chi connectivity index (χ1) is 11.0. The molecule has 24 heavy (non-hydrogen) atoms. The largest absolute Gasteiger partial charge is 1.00 e. The second-order valence-electron chi connectivity index (χ2n) is 5.73. The van der Waals surface area contributed by atoms with E-state index < -0.39 is 15.8 Å². The van der Waals surface area contributed by atoms with E-state index in [0.717, 1.165) is 5.56 Å². The lowest BCUT2D eigenvalue weighted by Crippen LogP contribution is -3.00. The molecule has 0 spiro atoms. The summed E-state index contributed by atoms with van der Waals surface area (Å²) >= 11 is 0. The van der Waals surface area contributed by atoms with Gasteiger partial charge in [0, 0.05) is 19.6 Å². The normalized spacial score (nSPS) is 19.7. The van der Waals surface area contributed by atoms with Gasteiger partial charge in [0.15, 0.2) is 0 Å². The zero-order valence-corrected chi connectivity index (χ0v) is 14.8. The van der Waals surface area contributed by atoms with Gasteiger partial charge in [-0.3, -0.25) is 0 Å². The van der Waals surface area contributed by atoms with Crippen molar-refractivity contribution in [1.82, 2.24) is 9.21 Å². The fourth-order valence-electron chi connectivity index (χ4n) is 2.92. The Morgan fingerprint density at radius 1 is 1.00 bits per heavy atom. The van der Waals surface area contributed by atoms with Gasteiger partial charge in [0.05, 0.1) is 6.04 Å². The topological polar surface area (TPSA) is 40.6 Å². The Hall–Kier alpha value is -1.47. The number of rotatable bonds is 3. The maximum absolute atomic E-state index is 14.0. The van der Waals surface area contributed by atoms with Crippen LogP contribution >= 0.6 is 0 Å². The molecular formula is C17H19ClFN2O2S-. The predicted octanol–water partition coefficient (Wildman–Crippen LogP) is -0.493. The number of nitrogens with zero attached hydrogens (tertiary/aromatic N) is 2. The Bertz CT molecular complexity index is 786. The van der Waals surface area contributed by atoms with Crippen LogP contribution in [0.3, 0.4) is 0 Å². The number of hydrogen-bond acceptors (Lipinski definition) is 3. The van der Waals surface area contributed by atoms with Crippen molar-refractivity contribution in [2.75, 3.05) is 26.7 Å². The zero-order valence-electron chi connectivity index (χ0n) is 13.3. The molecule has 4 nitrogen and oxygen atoms in total. The van der Waals surface area contributed by atoms with E-state index >= 15 is 0 Å². The Kier molecular flexibility index (Phi) is 5.98. The molecule has 1 atom stereocenters.